The third kappa shape index (κ3) is 7.63. The summed E-state index contributed by atoms with van der Waals surface area (Å²) < 4.78 is 3.91. The van der Waals surface area contributed by atoms with Gasteiger partial charge in [0.2, 0.25) is 34.4 Å². The first kappa shape index (κ1) is 36.4. The number of carboxylic acid groups (broad SMARTS) is 2. The number of aromatic nitrogens is 2. The number of anilines is 1. The van der Waals surface area contributed by atoms with Gasteiger partial charge in [-0.05, 0) is 37.0 Å². The van der Waals surface area contributed by atoms with E-state index in [0.717, 1.165) is 17.9 Å². The molecule has 5 rings (SSSR count). The van der Waals surface area contributed by atoms with Crippen LogP contribution in [0.25, 0.3) is 0 Å². The van der Waals surface area contributed by atoms with Crippen molar-refractivity contribution in [3.8, 4) is 0 Å². The van der Waals surface area contributed by atoms with Crippen LogP contribution < -0.4 is 21.3 Å². The van der Waals surface area contributed by atoms with Crippen LogP contribution in [-0.4, -0.2) is 131 Å². The first-order chi connectivity index (χ1) is 23.8. The van der Waals surface area contributed by atoms with Crippen molar-refractivity contribution in [3.05, 3.63) is 28.7 Å². The van der Waals surface area contributed by atoms with Gasteiger partial charge in [0.15, 0.2) is 0 Å². The molecule has 1 unspecified atom stereocenters. The third-order valence-electron chi connectivity index (χ3n) is 8.50. The number of aliphatic carboxylic acids is 2. The summed E-state index contributed by atoms with van der Waals surface area (Å²) in [6, 6.07) is -2.20. The van der Waals surface area contributed by atoms with Crippen LogP contribution in [0.15, 0.2) is 28.1 Å². The Bertz CT molecular complexity index is 1700. The van der Waals surface area contributed by atoms with Gasteiger partial charge >= 0.3 is 11.9 Å². The Labute approximate surface area is 292 Å². The maximum atomic E-state index is 13.2. The largest absolute Gasteiger partial charge is 0.480 e. The molecule has 7 N–H and O–H groups in total. The quantitative estimate of drug-likeness (QED) is 0.0418. The normalized spacial score (nSPS) is 23.5. The fourth-order valence-electron chi connectivity index (χ4n) is 5.93. The predicted octanol–water partition coefficient (Wildman–Crippen LogP) is -1.08. The number of carbonyl (C=O) groups is 7. The van der Waals surface area contributed by atoms with E-state index in [9.17, 15) is 49.0 Å². The smallest absolute Gasteiger partial charge is 0.352 e. The predicted molar refractivity (Wildman–Crippen MR) is 176 cm³/mol. The minimum Gasteiger partial charge on any atom is -0.480 e. The van der Waals surface area contributed by atoms with Gasteiger partial charge in [0.25, 0.3) is 11.8 Å². The highest BCUT2D eigenvalue weighted by Gasteiger charge is 2.54. The number of allylic oxidation sites excluding steroid dienone is 1. The lowest BCUT2D eigenvalue weighted by molar-refractivity contribution is -0.150. The fourth-order valence-corrected chi connectivity index (χ4v) is 7.82. The van der Waals surface area contributed by atoms with Gasteiger partial charge in [-0.3, -0.25) is 28.9 Å². The highest BCUT2D eigenvalue weighted by atomic mass is 32.2. The summed E-state index contributed by atoms with van der Waals surface area (Å²) in [4.78, 5) is 94.2. The Hall–Kier alpha value is -4.89. The first-order valence-electron chi connectivity index (χ1n) is 15.6. The number of hydrogen-bond donors (Lipinski definition) is 7. The molecular formula is C29H35N9O10S2. The Kier molecular flexibility index (Phi) is 11.2. The second kappa shape index (κ2) is 15.3. The molecule has 4 aliphatic heterocycles. The van der Waals surface area contributed by atoms with E-state index in [0.29, 0.717) is 42.2 Å². The van der Waals surface area contributed by atoms with E-state index in [1.54, 1.807) is 24.8 Å². The van der Waals surface area contributed by atoms with Crippen LogP contribution in [0.4, 0.5) is 5.13 Å². The van der Waals surface area contributed by atoms with Crippen LogP contribution in [-0.2, 0) is 33.6 Å². The van der Waals surface area contributed by atoms with Crippen molar-refractivity contribution in [1.82, 2.24) is 35.1 Å². The number of rotatable bonds is 13. The highest BCUT2D eigenvalue weighted by molar-refractivity contribution is 8.00. The van der Waals surface area contributed by atoms with Gasteiger partial charge in [-0.25, -0.2) is 9.59 Å². The number of carboxylic acids is 2. The van der Waals surface area contributed by atoms with Gasteiger partial charge in [0, 0.05) is 54.8 Å². The van der Waals surface area contributed by atoms with Crippen molar-refractivity contribution in [2.75, 3.05) is 30.7 Å². The molecule has 5 heterocycles. The van der Waals surface area contributed by atoms with Gasteiger partial charge < -0.3 is 41.6 Å². The lowest BCUT2D eigenvalue weighted by Crippen LogP contribution is -2.71. The van der Waals surface area contributed by atoms with Crippen molar-refractivity contribution in [3.63, 3.8) is 0 Å². The van der Waals surface area contributed by atoms with Gasteiger partial charge in [-0.1, -0.05) is 19.0 Å². The number of amides is 5. The third-order valence-corrected chi connectivity index (χ3v) is 10.4. The van der Waals surface area contributed by atoms with Gasteiger partial charge in [-0.2, -0.15) is 9.36 Å². The topological polar surface area (TPSA) is 273 Å². The molecule has 4 aliphatic rings. The van der Waals surface area contributed by atoms with E-state index in [2.05, 4.69) is 35.8 Å². The number of fused-ring (bicyclic) bond motifs is 1. The molecule has 3 fully saturated rings. The van der Waals surface area contributed by atoms with Crippen molar-refractivity contribution in [2.24, 2.45) is 11.1 Å². The zero-order valence-corrected chi connectivity index (χ0v) is 28.5. The molecule has 0 radical (unpaired) electrons. The van der Waals surface area contributed by atoms with E-state index < -0.39 is 58.7 Å². The molecule has 0 spiro atoms. The van der Waals surface area contributed by atoms with Crippen molar-refractivity contribution in [1.29, 1.82) is 0 Å². The lowest BCUT2D eigenvalue weighted by Gasteiger charge is -2.49. The van der Waals surface area contributed by atoms with Crippen LogP contribution >= 0.6 is 23.3 Å². The Morgan fingerprint density at radius 1 is 1.14 bits per heavy atom. The number of carbonyl (C=O) groups excluding carboxylic acids is 5. The second-order valence-electron chi connectivity index (χ2n) is 12.2. The van der Waals surface area contributed by atoms with E-state index in [4.69, 9.17) is 0 Å². The Balaban J connectivity index is 1.18. The number of likely N-dealkylation sites (tertiary alicyclic amines) is 1. The van der Waals surface area contributed by atoms with Crippen LogP contribution in [0.5, 0.6) is 0 Å². The summed E-state index contributed by atoms with van der Waals surface area (Å²) in [6.45, 7) is 5.31. The number of β-lactam (4-membered cyclic amide) rings is 1. The molecular weight excluding hydrogens is 699 g/mol. The van der Waals surface area contributed by atoms with Crippen LogP contribution in [0, 0.1) is 5.92 Å². The van der Waals surface area contributed by atoms with Crippen molar-refractivity contribution >= 4 is 75.6 Å². The number of hydrogen-bond acceptors (Lipinski definition) is 14. The summed E-state index contributed by atoms with van der Waals surface area (Å²) in [5.41, 5.74) is -0.171. The molecule has 50 heavy (non-hydrogen) atoms. The summed E-state index contributed by atoms with van der Waals surface area (Å²) in [6.07, 6.45) is 2.22. The van der Waals surface area contributed by atoms with Gasteiger partial charge in [0.1, 0.15) is 23.2 Å². The van der Waals surface area contributed by atoms with Crippen molar-refractivity contribution < 1.29 is 49.0 Å². The number of nitrogens with one attached hydrogen (secondary N) is 4. The SMILES string of the molecule is CC(C)C(NC(=O)CCC(=O)Nc1nc(/C(=N\O)C(=O)N[C@@H]2C(=O)N3C(C(=O)O)=C(/C=C4\CCN([C@@H]5CCNC5)C4=O)CS[C@H]23)ns1)C(=O)O. The molecule has 1 aromatic rings. The monoisotopic (exact) mass is 733 g/mol. The molecule has 4 atom stereocenters. The molecule has 268 valence electrons. The zero-order chi connectivity index (χ0) is 36.3. The molecule has 0 saturated carbocycles. The average molecular weight is 734 g/mol. The number of oxime groups is 1. The molecule has 0 aliphatic carbocycles. The lowest BCUT2D eigenvalue weighted by atomic mass is 10.0. The van der Waals surface area contributed by atoms with Crippen LogP contribution in [0.3, 0.4) is 0 Å². The summed E-state index contributed by atoms with van der Waals surface area (Å²) >= 11 is 1.84. The molecule has 21 heteroatoms. The standard InChI is InChI=1S/C29H35N9O10S2/c1-12(2)18(27(44)45)31-16(39)3-4-17(40)32-29-34-22(36-50-29)19(35-48)23(41)33-20-25(43)38-21(28(46)47)14(11-49-26(20)38)9-13-6-8-37(24(13)42)15-5-7-30-10-15/h9,12,15,18,20,26,30,48H,3-8,10-11H2,1-2H3,(H,31,39)(H,33,41)(H,44,45)(H,46,47)(H,32,34,36,40)/b13-9+,35-19+/t15-,18?,20-,26-/m1/s1. The average Bonchev–Trinajstić information content (AvgIpc) is 3.84. The van der Waals surface area contributed by atoms with Gasteiger partial charge in [0.05, 0.1) is 0 Å². The minimum atomic E-state index is -1.36. The summed E-state index contributed by atoms with van der Waals surface area (Å²) in [7, 11) is 0. The summed E-state index contributed by atoms with van der Waals surface area (Å²) in [5, 5.41) is 41.3. The zero-order valence-electron chi connectivity index (χ0n) is 26.9. The van der Waals surface area contributed by atoms with E-state index in [1.165, 1.54) is 11.8 Å². The van der Waals surface area contributed by atoms with Crippen LogP contribution in [0.1, 0.15) is 45.4 Å². The second-order valence-corrected chi connectivity index (χ2v) is 14.0. The molecule has 3 saturated heterocycles. The first-order valence-corrected chi connectivity index (χ1v) is 17.4. The maximum Gasteiger partial charge on any atom is 0.352 e. The maximum absolute atomic E-state index is 13.2. The number of thioether (sulfide) groups is 1. The Morgan fingerprint density at radius 3 is 2.52 bits per heavy atom. The molecule has 0 aromatic carbocycles. The molecule has 19 nitrogen and oxygen atoms in total. The molecule has 5 amide bonds. The molecule has 0 bridgehead atoms. The van der Waals surface area contributed by atoms with E-state index in [-0.39, 0.29) is 53.1 Å². The highest BCUT2D eigenvalue weighted by Crippen LogP contribution is 2.41. The van der Waals surface area contributed by atoms with E-state index in [1.807, 2.05) is 0 Å². The van der Waals surface area contributed by atoms with Gasteiger partial charge in [-0.15, -0.1) is 11.8 Å². The van der Waals surface area contributed by atoms with Crippen molar-refractivity contribution in [2.45, 2.75) is 63.0 Å². The Morgan fingerprint density at radius 2 is 1.88 bits per heavy atom. The fraction of sp³-hybridized carbons (Fsp3) is 0.517. The molecule has 1 aromatic heterocycles. The number of nitrogens with zero attached hydrogens (tertiary/aromatic N) is 5. The van der Waals surface area contributed by atoms with Crippen LogP contribution in [0.2, 0.25) is 0 Å². The van der Waals surface area contributed by atoms with E-state index >= 15 is 0 Å². The summed E-state index contributed by atoms with van der Waals surface area (Å²) in [5.74, 6) is -6.37. The minimum absolute atomic E-state index is 0.0841.